The number of aliphatic carboxylic acids is 1. The number of hydrogen-bond acceptors (Lipinski definition) is 3. The fourth-order valence-corrected chi connectivity index (χ4v) is 1.67. The summed E-state index contributed by atoms with van der Waals surface area (Å²) in [5, 5.41) is 8.83. The number of ether oxygens (including phenoxy) is 1. The van der Waals surface area contributed by atoms with Gasteiger partial charge in [0.1, 0.15) is 0 Å². The van der Waals surface area contributed by atoms with Gasteiger partial charge in [0.25, 0.3) is 0 Å². The number of rotatable bonds is 3. The predicted octanol–water partition coefficient (Wildman–Crippen LogP) is 1.12. The Morgan fingerprint density at radius 2 is 2.06 bits per heavy atom. The molecule has 1 N–H and O–H groups in total. The predicted molar refractivity (Wildman–Crippen MR) is 62.6 cm³/mol. The van der Waals surface area contributed by atoms with Gasteiger partial charge in [0.05, 0.1) is 13.2 Å². The van der Waals surface area contributed by atoms with E-state index in [1.165, 1.54) is 0 Å². The molecule has 1 heterocycles. The Balaban J connectivity index is 2.44. The second kappa shape index (κ2) is 5.49. The van der Waals surface area contributed by atoms with Gasteiger partial charge in [-0.15, -0.1) is 0 Å². The van der Waals surface area contributed by atoms with E-state index in [1.807, 2.05) is 0 Å². The molecule has 0 aromatic carbocycles. The molecule has 0 aromatic rings. The summed E-state index contributed by atoms with van der Waals surface area (Å²) in [6.07, 6.45) is 0.402. The van der Waals surface area contributed by atoms with E-state index in [2.05, 4.69) is 20.8 Å². The van der Waals surface area contributed by atoms with Crippen LogP contribution in [-0.2, 0) is 14.3 Å². The molecule has 1 aliphatic rings. The smallest absolute Gasteiger partial charge is 0.334 e. The van der Waals surface area contributed by atoms with Crippen molar-refractivity contribution in [3.05, 3.63) is 0 Å². The first kappa shape index (κ1) is 14.0. The maximum Gasteiger partial charge on any atom is 0.334 e. The van der Waals surface area contributed by atoms with Crippen molar-refractivity contribution in [3.8, 4) is 0 Å². The van der Waals surface area contributed by atoms with Crippen LogP contribution in [0.5, 0.6) is 0 Å². The van der Waals surface area contributed by atoms with Gasteiger partial charge in [0.15, 0.2) is 6.10 Å². The molecule has 98 valence electrons. The third-order valence-electron chi connectivity index (χ3n) is 2.78. The molecule has 1 unspecified atom stereocenters. The van der Waals surface area contributed by atoms with E-state index in [0.29, 0.717) is 19.6 Å². The summed E-state index contributed by atoms with van der Waals surface area (Å²) in [5.74, 6) is -0.979. The number of carboxylic acid groups (broad SMARTS) is 1. The van der Waals surface area contributed by atoms with Crippen LogP contribution in [0.15, 0.2) is 0 Å². The first-order chi connectivity index (χ1) is 7.79. The molecule has 0 bridgehead atoms. The van der Waals surface area contributed by atoms with Crippen molar-refractivity contribution in [1.82, 2.24) is 4.90 Å². The molecule has 1 fully saturated rings. The summed E-state index contributed by atoms with van der Waals surface area (Å²) >= 11 is 0. The molecule has 0 spiro atoms. The molecule has 17 heavy (non-hydrogen) atoms. The van der Waals surface area contributed by atoms with Crippen LogP contribution in [0.2, 0.25) is 0 Å². The van der Waals surface area contributed by atoms with Crippen LogP contribution >= 0.6 is 0 Å². The lowest BCUT2D eigenvalue weighted by molar-refractivity contribution is -0.159. The van der Waals surface area contributed by atoms with E-state index in [-0.39, 0.29) is 17.9 Å². The summed E-state index contributed by atoms with van der Waals surface area (Å²) in [6.45, 7) is 7.21. The summed E-state index contributed by atoms with van der Waals surface area (Å²) in [7, 11) is 0. The van der Waals surface area contributed by atoms with Gasteiger partial charge in [0, 0.05) is 13.0 Å². The van der Waals surface area contributed by atoms with E-state index in [1.54, 1.807) is 4.90 Å². The highest BCUT2D eigenvalue weighted by atomic mass is 16.5. The summed E-state index contributed by atoms with van der Waals surface area (Å²) < 4.78 is 5.07. The van der Waals surface area contributed by atoms with E-state index >= 15 is 0 Å². The quantitative estimate of drug-likeness (QED) is 0.806. The van der Waals surface area contributed by atoms with Crippen molar-refractivity contribution in [1.29, 1.82) is 0 Å². The molecular formula is C12H21NO4. The lowest BCUT2D eigenvalue weighted by Crippen LogP contribution is -2.48. The van der Waals surface area contributed by atoms with Crippen molar-refractivity contribution in [2.75, 3.05) is 19.7 Å². The van der Waals surface area contributed by atoms with Crippen LogP contribution in [0.25, 0.3) is 0 Å². The second-order valence-electron chi connectivity index (χ2n) is 5.60. The lowest BCUT2D eigenvalue weighted by atomic mass is 9.90. The number of carboxylic acids is 1. The van der Waals surface area contributed by atoms with Crippen LogP contribution in [0, 0.1) is 5.41 Å². The molecule has 5 nitrogen and oxygen atoms in total. The number of carbonyl (C=O) groups is 2. The molecule has 1 amide bonds. The molecule has 0 radical (unpaired) electrons. The van der Waals surface area contributed by atoms with Gasteiger partial charge in [0.2, 0.25) is 5.91 Å². The number of hydrogen-bond donors (Lipinski definition) is 1. The largest absolute Gasteiger partial charge is 0.479 e. The first-order valence-corrected chi connectivity index (χ1v) is 5.92. The van der Waals surface area contributed by atoms with Gasteiger partial charge in [-0.1, -0.05) is 20.8 Å². The Kier molecular flexibility index (Phi) is 4.51. The Labute approximate surface area is 102 Å². The zero-order valence-electron chi connectivity index (χ0n) is 10.7. The van der Waals surface area contributed by atoms with Crippen molar-refractivity contribution in [2.45, 2.75) is 39.7 Å². The minimum atomic E-state index is -1.00. The van der Waals surface area contributed by atoms with Crippen LogP contribution < -0.4 is 0 Å². The maximum absolute atomic E-state index is 11.9. The molecule has 0 aliphatic carbocycles. The third-order valence-corrected chi connectivity index (χ3v) is 2.78. The molecule has 1 rings (SSSR count). The minimum absolute atomic E-state index is 0.0227. The number of morpholine rings is 1. The van der Waals surface area contributed by atoms with Crippen molar-refractivity contribution < 1.29 is 19.4 Å². The Morgan fingerprint density at radius 1 is 1.41 bits per heavy atom. The molecule has 1 saturated heterocycles. The number of carbonyl (C=O) groups excluding carboxylic acids is 1. The first-order valence-electron chi connectivity index (χ1n) is 5.92. The minimum Gasteiger partial charge on any atom is -0.479 e. The third kappa shape index (κ3) is 4.73. The topological polar surface area (TPSA) is 66.8 Å². The van der Waals surface area contributed by atoms with Crippen LogP contribution in [0.1, 0.15) is 33.6 Å². The highest BCUT2D eigenvalue weighted by molar-refractivity contribution is 5.78. The number of nitrogens with zero attached hydrogens (tertiary/aromatic N) is 1. The van der Waals surface area contributed by atoms with E-state index in [4.69, 9.17) is 9.84 Å². The normalized spacial score (nSPS) is 21.4. The Bertz CT molecular complexity index is 295. The van der Waals surface area contributed by atoms with Crippen molar-refractivity contribution >= 4 is 11.9 Å². The fourth-order valence-electron chi connectivity index (χ4n) is 1.67. The molecule has 0 saturated carbocycles. The van der Waals surface area contributed by atoms with Crippen molar-refractivity contribution in [3.63, 3.8) is 0 Å². The summed E-state index contributed by atoms with van der Waals surface area (Å²) in [4.78, 5) is 24.3. The van der Waals surface area contributed by atoms with Gasteiger partial charge >= 0.3 is 5.97 Å². The van der Waals surface area contributed by atoms with Crippen LogP contribution in [0.3, 0.4) is 0 Å². The zero-order chi connectivity index (χ0) is 13.1. The van der Waals surface area contributed by atoms with Gasteiger partial charge < -0.3 is 14.7 Å². The Morgan fingerprint density at radius 3 is 2.59 bits per heavy atom. The standard InChI is InChI=1S/C12H21NO4/c1-12(2,3)5-4-10(14)13-6-7-17-9(8-13)11(15)16/h9H,4-8H2,1-3H3,(H,15,16). The number of amides is 1. The van der Waals surface area contributed by atoms with Gasteiger partial charge in [-0.05, 0) is 11.8 Å². The molecule has 0 aromatic heterocycles. The van der Waals surface area contributed by atoms with Crippen molar-refractivity contribution in [2.24, 2.45) is 5.41 Å². The monoisotopic (exact) mass is 243 g/mol. The van der Waals surface area contributed by atoms with E-state index < -0.39 is 12.1 Å². The Hall–Kier alpha value is -1.10. The second-order valence-corrected chi connectivity index (χ2v) is 5.60. The molecule has 5 heteroatoms. The molecule has 1 atom stereocenters. The van der Waals surface area contributed by atoms with Gasteiger partial charge in [-0.3, -0.25) is 4.79 Å². The summed E-state index contributed by atoms with van der Waals surface area (Å²) in [5.41, 5.74) is 0.119. The maximum atomic E-state index is 11.9. The van der Waals surface area contributed by atoms with Gasteiger partial charge in [-0.25, -0.2) is 4.79 Å². The van der Waals surface area contributed by atoms with Crippen LogP contribution in [-0.4, -0.2) is 47.7 Å². The van der Waals surface area contributed by atoms with E-state index in [0.717, 1.165) is 6.42 Å². The average Bonchev–Trinajstić information content (AvgIpc) is 2.25. The lowest BCUT2D eigenvalue weighted by Gasteiger charge is -2.31. The highest BCUT2D eigenvalue weighted by Crippen LogP contribution is 2.21. The molecule has 1 aliphatic heterocycles. The van der Waals surface area contributed by atoms with E-state index in [9.17, 15) is 9.59 Å². The zero-order valence-corrected chi connectivity index (χ0v) is 10.7. The van der Waals surface area contributed by atoms with Crippen LogP contribution in [0.4, 0.5) is 0 Å². The SMILES string of the molecule is CC(C)(C)CCC(=O)N1CCOC(C(=O)O)C1. The average molecular weight is 243 g/mol. The van der Waals surface area contributed by atoms with Gasteiger partial charge in [-0.2, -0.15) is 0 Å². The molecular weight excluding hydrogens is 222 g/mol. The fraction of sp³-hybridized carbons (Fsp3) is 0.833. The summed E-state index contributed by atoms with van der Waals surface area (Å²) in [6, 6.07) is 0. The highest BCUT2D eigenvalue weighted by Gasteiger charge is 2.29.